The maximum absolute atomic E-state index is 6.09. The average molecular weight is 286 g/mol. The van der Waals surface area contributed by atoms with Gasteiger partial charge in [-0.05, 0) is 42.3 Å². The second-order valence-corrected chi connectivity index (χ2v) is 5.42. The fourth-order valence-corrected chi connectivity index (χ4v) is 2.75. The Labute approximate surface area is 123 Å². The molecule has 1 atom stereocenters. The lowest BCUT2D eigenvalue weighted by Gasteiger charge is -2.27. The van der Waals surface area contributed by atoms with E-state index in [1.165, 1.54) is 5.56 Å². The number of anilines is 1. The van der Waals surface area contributed by atoms with Gasteiger partial charge in [-0.3, -0.25) is 4.99 Å². The van der Waals surface area contributed by atoms with Crippen LogP contribution in [0.1, 0.15) is 17.2 Å². The van der Waals surface area contributed by atoms with Gasteiger partial charge in [0.15, 0.2) is 5.96 Å². The molecule has 0 aliphatic carbocycles. The van der Waals surface area contributed by atoms with Crippen LogP contribution in [0.5, 0.6) is 0 Å². The van der Waals surface area contributed by atoms with Crippen molar-refractivity contribution in [2.45, 2.75) is 13.0 Å². The molecule has 3 rings (SSSR count). The number of hydrogen-bond acceptors (Lipinski definition) is 3. The van der Waals surface area contributed by atoms with Gasteiger partial charge in [0.2, 0.25) is 0 Å². The highest BCUT2D eigenvalue weighted by molar-refractivity contribution is 6.30. The van der Waals surface area contributed by atoms with E-state index in [-0.39, 0.29) is 6.04 Å². The molecule has 0 aromatic heterocycles. The lowest BCUT2D eigenvalue weighted by Crippen LogP contribution is -2.36. The molecule has 0 bridgehead atoms. The van der Waals surface area contributed by atoms with E-state index in [0.717, 1.165) is 16.3 Å². The van der Waals surface area contributed by atoms with Gasteiger partial charge in [-0.25, -0.2) is 0 Å². The summed E-state index contributed by atoms with van der Waals surface area (Å²) >= 11 is 6.09. The van der Waals surface area contributed by atoms with E-state index >= 15 is 0 Å². The molecule has 2 N–H and O–H groups in total. The Morgan fingerprint density at radius 1 is 1.20 bits per heavy atom. The Morgan fingerprint density at radius 2 is 2.00 bits per heavy atom. The molecule has 1 aliphatic heterocycles. The number of rotatable bonds is 2. The van der Waals surface area contributed by atoms with Gasteiger partial charge in [-0.1, -0.05) is 35.9 Å². The van der Waals surface area contributed by atoms with E-state index in [2.05, 4.69) is 41.1 Å². The SMILES string of the molecule is Cc1cccc(N2C(N)=NCC2c2cccc(Cl)c2)c1. The van der Waals surface area contributed by atoms with Crippen molar-refractivity contribution in [2.75, 3.05) is 11.4 Å². The molecule has 0 radical (unpaired) electrons. The van der Waals surface area contributed by atoms with Gasteiger partial charge in [0.05, 0.1) is 12.6 Å². The fraction of sp³-hybridized carbons (Fsp3) is 0.188. The molecule has 2 aromatic carbocycles. The number of nitrogens with zero attached hydrogens (tertiary/aromatic N) is 2. The van der Waals surface area contributed by atoms with Gasteiger partial charge in [-0.2, -0.15) is 0 Å². The van der Waals surface area contributed by atoms with E-state index in [0.29, 0.717) is 12.5 Å². The first-order valence-electron chi connectivity index (χ1n) is 6.56. The summed E-state index contributed by atoms with van der Waals surface area (Å²) in [6.45, 7) is 2.72. The number of nitrogens with two attached hydrogens (primary N) is 1. The molecule has 4 heteroatoms. The van der Waals surface area contributed by atoms with Crippen molar-refractivity contribution in [3.63, 3.8) is 0 Å². The zero-order valence-corrected chi connectivity index (χ0v) is 12.0. The van der Waals surface area contributed by atoms with Crippen LogP contribution in [0.2, 0.25) is 5.02 Å². The molecule has 102 valence electrons. The van der Waals surface area contributed by atoms with E-state index in [1.807, 2.05) is 24.3 Å². The van der Waals surface area contributed by atoms with Gasteiger partial charge in [0.25, 0.3) is 0 Å². The monoisotopic (exact) mass is 285 g/mol. The summed E-state index contributed by atoms with van der Waals surface area (Å²) in [5, 5.41) is 0.733. The van der Waals surface area contributed by atoms with Crippen LogP contribution in [0.3, 0.4) is 0 Å². The van der Waals surface area contributed by atoms with Crippen LogP contribution in [0.15, 0.2) is 53.5 Å². The Morgan fingerprint density at radius 3 is 2.75 bits per heavy atom. The molecule has 0 fully saturated rings. The van der Waals surface area contributed by atoms with Gasteiger partial charge in [0, 0.05) is 10.7 Å². The minimum Gasteiger partial charge on any atom is -0.369 e. The average Bonchev–Trinajstić information content (AvgIpc) is 2.80. The molecule has 0 saturated heterocycles. The Hall–Kier alpha value is -2.00. The first kappa shape index (κ1) is 13.0. The lowest BCUT2D eigenvalue weighted by atomic mass is 10.1. The van der Waals surface area contributed by atoms with Crippen LogP contribution in [0, 0.1) is 6.92 Å². The Kier molecular flexibility index (Phi) is 3.36. The lowest BCUT2D eigenvalue weighted by molar-refractivity contribution is 0.768. The number of aryl methyl sites for hydroxylation is 1. The summed E-state index contributed by atoms with van der Waals surface area (Å²) in [5.74, 6) is 0.556. The second kappa shape index (κ2) is 5.17. The van der Waals surface area contributed by atoms with Crippen molar-refractivity contribution in [2.24, 2.45) is 10.7 Å². The number of guanidine groups is 1. The molecular formula is C16H16ClN3. The van der Waals surface area contributed by atoms with Crippen molar-refractivity contribution in [1.82, 2.24) is 0 Å². The summed E-state index contributed by atoms with van der Waals surface area (Å²) in [6.07, 6.45) is 0. The first-order chi connectivity index (χ1) is 9.65. The third-order valence-corrected chi connectivity index (χ3v) is 3.73. The molecule has 0 amide bonds. The van der Waals surface area contributed by atoms with Crippen LogP contribution in [0.25, 0.3) is 0 Å². The molecule has 0 spiro atoms. The van der Waals surface area contributed by atoms with Gasteiger partial charge in [0.1, 0.15) is 0 Å². The summed E-state index contributed by atoms with van der Waals surface area (Å²) in [5.41, 5.74) is 9.46. The van der Waals surface area contributed by atoms with Crippen LogP contribution < -0.4 is 10.6 Å². The standard InChI is InChI=1S/C16H16ClN3/c1-11-4-2-7-14(8-11)20-15(10-19-16(20)18)12-5-3-6-13(17)9-12/h2-9,15H,10H2,1H3,(H2,18,19). The highest BCUT2D eigenvalue weighted by atomic mass is 35.5. The van der Waals surface area contributed by atoms with Crippen molar-refractivity contribution < 1.29 is 0 Å². The van der Waals surface area contributed by atoms with E-state index in [9.17, 15) is 0 Å². The van der Waals surface area contributed by atoms with Crippen LogP contribution in [0.4, 0.5) is 5.69 Å². The largest absolute Gasteiger partial charge is 0.369 e. The van der Waals surface area contributed by atoms with Crippen molar-refractivity contribution in [3.8, 4) is 0 Å². The Bertz CT molecular complexity index is 666. The maximum atomic E-state index is 6.09. The number of benzene rings is 2. The topological polar surface area (TPSA) is 41.6 Å². The highest BCUT2D eigenvalue weighted by Crippen LogP contribution is 2.32. The van der Waals surface area contributed by atoms with E-state index in [1.54, 1.807) is 0 Å². The normalized spacial score (nSPS) is 18.2. The molecule has 20 heavy (non-hydrogen) atoms. The molecule has 1 heterocycles. The third-order valence-electron chi connectivity index (χ3n) is 3.50. The second-order valence-electron chi connectivity index (χ2n) is 4.98. The summed E-state index contributed by atoms with van der Waals surface area (Å²) in [4.78, 5) is 6.46. The number of hydrogen-bond donors (Lipinski definition) is 1. The van der Waals surface area contributed by atoms with Crippen LogP contribution in [-0.2, 0) is 0 Å². The predicted octanol–water partition coefficient (Wildman–Crippen LogP) is 3.52. The summed E-state index contributed by atoms with van der Waals surface area (Å²) in [6, 6.07) is 16.3. The maximum Gasteiger partial charge on any atom is 0.196 e. The zero-order chi connectivity index (χ0) is 14.1. The van der Waals surface area contributed by atoms with Crippen molar-refractivity contribution in [1.29, 1.82) is 0 Å². The minimum atomic E-state index is 0.107. The number of aliphatic imine (C=N–C) groups is 1. The Balaban J connectivity index is 2.00. The van der Waals surface area contributed by atoms with Crippen molar-refractivity contribution in [3.05, 3.63) is 64.7 Å². The van der Waals surface area contributed by atoms with E-state index in [4.69, 9.17) is 17.3 Å². The third kappa shape index (κ3) is 2.37. The molecule has 1 aliphatic rings. The minimum absolute atomic E-state index is 0.107. The summed E-state index contributed by atoms with van der Waals surface area (Å²) < 4.78 is 0. The van der Waals surface area contributed by atoms with Crippen LogP contribution in [-0.4, -0.2) is 12.5 Å². The predicted molar refractivity (Wildman–Crippen MR) is 84.3 cm³/mol. The quantitative estimate of drug-likeness (QED) is 0.917. The smallest absolute Gasteiger partial charge is 0.196 e. The molecule has 1 unspecified atom stereocenters. The van der Waals surface area contributed by atoms with Gasteiger partial charge in [-0.15, -0.1) is 0 Å². The fourth-order valence-electron chi connectivity index (χ4n) is 2.56. The zero-order valence-electron chi connectivity index (χ0n) is 11.3. The number of halogens is 1. The summed E-state index contributed by atoms with van der Waals surface area (Å²) in [7, 11) is 0. The van der Waals surface area contributed by atoms with Crippen LogP contribution >= 0.6 is 11.6 Å². The van der Waals surface area contributed by atoms with Gasteiger partial charge >= 0.3 is 0 Å². The highest BCUT2D eigenvalue weighted by Gasteiger charge is 2.28. The molecular weight excluding hydrogens is 270 g/mol. The first-order valence-corrected chi connectivity index (χ1v) is 6.94. The van der Waals surface area contributed by atoms with Crippen molar-refractivity contribution >= 4 is 23.2 Å². The van der Waals surface area contributed by atoms with Gasteiger partial charge < -0.3 is 10.6 Å². The molecule has 3 nitrogen and oxygen atoms in total. The molecule has 2 aromatic rings. The molecule has 0 saturated carbocycles. The van der Waals surface area contributed by atoms with E-state index < -0.39 is 0 Å².